The van der Waals surface area contributed by atoms with Crippen LogP contribution in [0, 0.1) is 0 Å². The van der Waals surface area contributed by atoms with Crippen LogP contribution in [0.1, 0.15) is 4.88 Å². The number of H-pyrrole nitrogens is 1. The fourth-order valence-electron chi connectivity index (χ4n) is 2.35. The SMILES string of the molecule is O=c1[nH]c(O)c(C=c2ccc(=C3N=c4ccccc4=N3)cc2)s1. The zero-order chi connectivity index (χ0) is 15.8. The van der Waals surface area contributed by atoms with E-state index in [4.69, 9.17) is 0 Å². The highest BCUT2D eigenvalue weighted by Gasteiger charge is 2.03. The Morgan fingerprint density at radius 1 is 1.00 bits per heavy atom. The molecule has 4 rings (SSSR count). The lowest BCUT2D eigenvalue weighted by molar-refractivity contribution is 0.455. The zero-order valence-corrected chi connectivity index (χ0v) is 12.7. The van der Waals surface area contributed by atoms with Gasteiger partial charge in [-0.1, -0.05) is 47.7 Å². The van der Waals surface area contributed by atoms with Crippen molar-refractivity contribution in [1.82, 2.24) is 4.98 Å². The molecule has 2 aromatic carbocycles. The highest BCUT2D eigenvalue weighted by atomic mass is 32.1. The molecule has 0 radical (unpaired) electrons. The zero-order valence-electron chi connectivity index (χ0n) is 11.9. The van der Waals surface area contributed by atoms with Gasteiger partial charge in [-0.3, -0.25) is 9.78 Å². The van der Waals surface area contributed by atoms with Gasteiger partial charge in [0.2, 0.25) is 5.88 Å². The Balaban J connectivity index is 1.81. The standard InChI is InChI=1S/C17H11N3O2S/c21-16-14(23-17(22)20-16)9-10-5-7-11(8-6-10)15-18-12-3-1-2-4-13(12)19-15/h1-9,21H,(H,20,22). The van der Waals surface area contributed by atoms with Crippen molar-refractivity contribution in [1.29, 1.82) is 0 Å². The molecule has 0 aliphatic carbocycles. The van der Waals surface area contributed by atoms with Crippen molar-refractivity contribution in [2.75, 3.05) is 0 Å². The largest absolute Gasteiger partial charge is 0.493 e. The maximum Gasteiger partial charge on any atom is 0.307 e. The van der Waals surface area contributed by atoms with E-state index >= 15 is 0 Å². The van der Waals surface area contributed by atoms with Crippen molar-refractivity contribution in [2.24, 2.45) is 9.98 Å². The number of hydrogen-bond acceptors (Lipinski definition) is 5. The van der Waals surface area contributed by atoms with Crippen LogP contribution in [0.5, 0.6) is 5.88 Å². The first-order valence-electron chi connectivity index (χ1n) is 6.96. The van der Waals surface area contributed by atoms with Crippen molar-refractivity contribution in [3.05, 3.63) is 84.2 Å². The summed E-state index contributed by atoms with van der Waals surface area (Å²) < 4.78 is 0. The third-order valence-corrected chi connectivity index (χ3v) is 4.28. The second kappa shape index (κ2) is 5.33. The summed E-state index contributed by atoms with van der Waals surface area (Å²) in [4.78, 5) is 22.8. The maximum absolute atomic E-state index is 11.2. The number of aromatic hydroxyl groups is 1. The van der Waals surface area contributed by atoms with E-state index in [-0.39, 0.29) is 10.8 Å². The molecule has 23 heavy (non-hydrogen) atoms. The van der Waals surface area contributed by atoms with Gasteiger partial charge >= 0.3 is 4.87 Å². The summed E-state index contributed by atoms with van der Waals surface area (Å²) in [6.07, 6.45) is 1.75. The van der Waals surface area contributed by atoms with Crippen LogP contribution in [0.3, 0.4) is 0 Å². The Kier molecular flexibility index (Phi) is 3.17. The van der Waals surface area contributed by atoms with Crippen LogP contribution in [0.2, 0.25) is 0 Å². The normalized spacial score (nSPS) is 12.4. The Morgan fingerprint density at radius 3 is 2.22 bits per heavy atom. The fraction of sp³-hybridized carbons (Fsp3) is 0. The molecule has 1 aliphatic rings. The molecular weight excluding hydrogens is 310 g/mol. The van der Waals surface area contributed by atoms with Crippen molar-refractivity contribution in [2.45, 2.75) is 0 Å². The minimum absolute atomic E-state index is 0.102. The molecule has 2 heterocycles. The number of nitrogens with zero attached hydrogens (tertiary/aromatic N) is 2. The molecule has 0 atom stereocenters. The number of benzene rings is 2. The second-order valence-corrected chi connectivity index (χ2v) is 6.04. The average Bonchev–Trinajstić information content (AvgIpc) is 3.11. The summed E-state index contributed by atoms with van der Waals surface area (Å²) in [5, 5.41) is 13.2. The van der Waals surface area contributed by atoms with Gasteiger partial charge in [-0.05, 0) is 23.4 Å². The second-order valence-electron chi connectivity index (χ2n) is 5.03. The molecule has 0 amide bonds. The maximum atomic E-state index is 11.2. The van der Waals surface area contributed by atoms with Crippen LogP contribution < -0.4 is 26.0 Å². The first-order valence-corrected chi connectivity index (χ1v) is 7.77. The topological polar surface area (TPSA) is 77.8 Å². The summed E-state index contributed by atoms with van der Waals surface area (Å²) in [7, 11) is 0. The van der Waals surface area contributed by atoms with Crippen LogP contribution in [-0.2, 0) is 0 Å². The van der Waals surface area contributed by atoms with Gasteiger partial charge < -0.3 is 5.11 Å². The number of aromatic amines is 1. The molecule has 1 aliphatic heterocycles. The van der Waals surface area contributed by atoms with E-state index in [0.29, 0.717) is 10.7 Å². The number of hydrogen-bond donors (Lipinski definition) is 2. The first-order chi connectivity index (χ1) is 11.2. The molecule has 0 bridgehead atoms. The van der Waals surface area contributed by atoms with Gasteiger partial charge in [0, 0.05) is 5.22 Å². The van der Waals surface area contributed by atoms with Crippen molar-refractivity contribution < 1.29 is 5.11 Å². The molecule has 5 nitrogen and oxygen atoms in total. The molecule has 0 spiro atoms. The van der Waals surface area contributed by atoms with E-state index in [1.165, 1.54) is 0 Å². The first kappa shape index (κ1) is 13.7. The predicted molar refractivity (Wildman–Crippen MR) is 88.0 cm³/mol. The van der Waals surface area contributed by atoms with E-state index in [2.05, 4.69) is 15.0 Å². The van der Waals surface area contributed by atoms with Gasteiger partial charge in [0.25, 0.3) is 0 Å². The molecule has 0 saturated carbocycles. The molecule has 3 aromatic rings. The quantitative estimate of drug-likeness (QED) is 0.661. The lowest BCUT2D eigenvalue weighted by atomic mass is 10.2. The smallest absolute Gasteiger partial charge is 0.307 e. The Labute approximate surface area is 133 Å². The number of aromatic nitrogens is 1. The van der Waals surface area contributed by atoms with Gasteiger partial charge in [-0.2, -0.15) is 0 Å². The minimum atomic E-state index is -0.276. The average molecular weight is 321 g/mol. The van der Waals surface area contributed by atoms with E-state index in [9.17, 15) is 9.90 Å². The fourth-order valence-corrected chi connectivity index (χ4v) is 3.04. The summed E-state index contributed by atoms with van der Waals surface area (Å²) in [5.41, 5.74) is 0. The molecule has 2 N–H and O–H groups in total. The van der Waals surface area contributed by atoms with Crippen LogP contribution in [0.25, 0.3) is 11.9 Å². The molecule has 112 valence electrons. The van der Waals surface area contributed by atoms with E-state index in [1.807, 2.05) is 48.5 Å². The summed E-state index contributed by atoms with van der Waals surface area (Å²) >= 11 is 0.971. The number of rotatable bonds is 1. The predicted octanol–water partition coefficient (Wildman–Crippen LogP) is -0.0105. The summed E-state index contributed by atoms with van der Waals surface area (Å²) in [6, 6.07) is 15.4. The van der Waals surface area contributed by atoms with E-state index < -0.39 is 0 Å². The van der Waals surface area contributed by atoms with Crippen molar-refractivity contribution in [3.8, 4) is 5.88 Å². The Hall–Kier alpha value is -2.99. The number of para-hydroxylation sites is 2. The van der Waals surface area contributed by atoms with E-state index in [1.54, 1.807) is 6.08 Å². The van der Waals surface area contributed by atoms with Gasteiger partial charge in [-0.15, -0.1) is 0 Å². The third kappa shape index (κ3) is 2.60. The van der Waals surface area contributed by atoms with Crippen LogP contribution >= 0.6 is 11.3 Å². The van der Waals surface area contributed by atoms with Crippen LogP contribution in [-0.4, -0.2) is 10.1 Å². The lowest BCUT2D eigenvalue weighted by Crippen LogP contribution is -2.19. The van der Waals surface area contributed by atoms with Crippen molar-refractivity contribution >= 4 is 23.2 Å². The molecule has 0 saturated heterocycles. The highest BCUT2D eigenvalue weighted by molar-refractivity contribution is 7.10. The molecule has 1 aromatic heterocycles. The van der Waals surface area contributed by atoms with Gasteiger partial charge in [0.15, 0.2) is 5.82 Å². The molecule has 0 fully saturated rings. The summed E-state index contributed by atoms with van der Waals surface area (Å²) in [5.74, 6) is 0.585. The lowest BCUT2D eigenvalue weighted by Gasteiger charge is -1.91. The number of thiazole rings is 1. The Morgan fingerprint density at radius 2 is 1.65 bits per heavy atom. The van der Waals surface area contributed by atoms with E-state index in [0.717, 1.165) is 32.5 Å². The van der Waals surface area contributed by atoms with Gasteiger partial charge in [-0.25, -0.2) is 9.98 Å². The van der Waals surface area contributed by atoms with Crippen molar-refractivity contribution in [3.63, 3.8) is 0 Å². The van der Waals surface area contributed by atoms with Crippen LogP contribution in [0.15, 0.2) is 63.3 Å². The highest BCUT2D eigenvalue weighted by Crippen LogP contribution is 2.15. The van der Waals surface area contributed by atoms with Gasteiger partial charge in [0.05, 0.1) is 15.6 Å². The number of fused-ring (bicyclic) bond motifs is 1. The monoisotopic (exact) mass is 321 g/mol. The third-order valence-electron chi connectivity index (χ3n) is 3.46. The molecule has 0 unspecified atom stereocenters. The summed E-state index contributed by atoms with van der Waals surface area (Å²) in [6.45, 7) is 0. The minimum Gasteiger partial charge on any atom is -0.493 e. The van der Waals surface area contributed by atoms with Crippen LogP contribution in [0.4, 0.5) is 0 Å². The number of nitrogens with one attached hydrogen (secondary N) is 1. The molecular formula is C17H11N3O2S. The Bertz CT molecular complexity index is 1150. The van der Waals surface area contributed by atoms with Gasteiger partial charge in [0.1, 0.15) is 0 Å². The molecule has 6 heteroatoms.